The predicted molar refractivity (Wildman–Crippen MR) is 279 cm³/mol. The minimum Gasteiger partial charge on any atom is -0.461 e. The van der Waals surface area contributed by atoms with E-state index in [0.717, 1.165) is 38.5 Å². The van der Waals surface area contributed by atoms with E-state index in [1.54, 1.807) is 0 Å². The lowest BCUT2D eigenvalue weighted by atomic mass is 10.0. The molecule has 0 aliphatic heterocycles. The third-order valence-corrected chi connectivity index (χ3v) is 14.2. The fourth-order valence-electron chi connectivity index (χ4n) is 9.43. The van der Waals surface area contributed by atoms with Gasteiger partial charge in [0.05, 0.1) is 18.4 Å². The zero-order valence-corrected chi connectivity index (χ0v) is 44.2. The smallest absolute Gasteiger partial charge is 0.309 e. The van der Waals surface area contributed by atoms with Crippen molar-refractivity contribution in [3.63, 3.8) is 0 Å². The maximum absolute atomic E-state index is 12.7. The van der Waals surface area contributed by atoms with Crippen molar-refractivity contribution in [1.82, 2.24) is 0 Å². The normalized spacial score (nSPS) is 13.0. The fraction of sp³-hybridized carbons (Fsp3) is 0.966. The molecule has 3 atom stereocenters. The van der Waals surface area contributed by atoms with Crippen molar-refractivity contribution in [2.24, 2.45) is 11.8 Å². The molecule has 5 nitrogen and oxygen atoms in total. The van der Waals surface area contributed by atoms with Crippen LogP contribution in [0.2, 0.25) is 0 Å². The Balaban J connectivity index is 3.57. The SMILES string of the molecule is CCCCCCCCCCCCCCCCCCCCCCCCCC(C)C(=O)OCC(CO)OC(=O)C(C)CCCCCCCCCCCCCCCCCCCCCCCCC. The van der Waals surface area contributed by atoms with Gasteiger partial charge in [0.15, 0.2) is 6.10 Å². The van der Waals surface area contributed by atoms with E-state index in [1.807, 2.05) is 13.8 Å². The van der Waals surface area contributed by atoms with Gasteiger partial charge in [-0.05, 0) is 12.8 Å². The molecule has 0 amide bonds. The Bertz CT molecular complexity index is 921. The summed E-state index contributed by atoms with van der Waals surface area (Å²) in [5.41, 5.74) is 0. The Kier molecular flexibility index (Phi) is 52.0. The van der Waals surface area contributed by atoms with E-state index < -0.39 is 6.10 Å². The summed E-state index contributed by atoms with van der Waals surface area (Å²) < 4.78 is 11.0. The molecule has 382 valence electrons. The molecule has 0 aromatic rings. The van der Waals surface area contributed by atoms with E-state index >= 15 is 0 Å². The van der Waals surface area contributed by atoms with Crippen LogP contribution < -0.4 is 0 Å². The number of hydrogen-bond donors (Lipinski definition) is 1. The largest absolute Gasteiger partial charge is 0.461 e. The van der Waals surface area contributed by atoms with Gasteiger partial charge in [-0.3, -0.25) is 9.59 Å². The molecule has 0 radical (unpaired) electrons. The van der Waals surface area contributed by atoms with E-state index in [4.69, 9.17) is 9.47 Å². The molecule has 0 saturated heterocycles. The quantitative estimate of drug-likeness (QED) is 0.0486. The van der Waals surface area contributed by atoms with Crippen LogP contribution in [0.3, 0.4) is 0 Å². The van der Waals surface area contributed by atoms with Crippen LogP contribution in [0.1, 0.15) is 336 Å². The molecule has 5 heteroatoms. The standard InChI is InChI=1S/C59H116O5/c1-5-7-9-11-13-15-17-19-21-23-25-27-29-31-33-35-37-39-41-43-45-47-49-51-55(3)58(61)63-54-57(53-60)64-59(62)56(4)52-50-48-46-44-42-40-38-36-34-32-30-28-26-24-22-20-18-16-14-12-10-8-6-2/h55-57,60H,5-54H2,1-4H3. The van der Waals surface area contributed by atoms with Crippen LogP contribution in [-0.4, -0.2) is 36.4 Å². The van der Waals surface area contributed by atoms with Crippen molar-refractivity contribution < 1.29 is 24.2 Å². The third-order valence-electron chi connectivity index (χ3n) is 14.2. The number of ether oxygens (including phenoxy) is 2. The molecule has 0 bridgehead atoms. The summed E-state index contributed by atoms with van der Waals surface area (Å²) in [4.78, 5) is 25.3. The molecule has 0 aliphatic carbocycles. The van der Waals surface area contributed by atoms with Crippen molar-refractivity contribution in [2.45, 2.75) is 342 Å². The first-order valence-corrected chi connectivity index (χ1v) is 29.4. The average Bonchev–Trinajstić information content (AvgIpc) is 3.30. The minimum absolute atomic E-state index is 0.0724. The number of carbonyl (C=O) groups is 2. The average molecular weight is 906 g/mol. The Hall–Kier alpha value is -1.10. The van der Waals surface area contributed by atoms with Crippen LogP contribution in [0.15, 0.2) is 0 Å². The van der Waals surface area contributed by atoms with Crippen molar-refractivity contribution in [3.8, 4) is 0 Å². The number of esters is 2. The van der Waals surface area contributed by atoms with Gasteiger partial charge in [-0.1, -0.05) is 323 Å². The molecule has 0 aromatic carbocycles. The topological polar surface area (TPSA) is 72.8 Å². The first kappa shape index (κ1) is 62.9. The van der Waals surface area contributed by atoms with Crippen LogP contribution in [0.5, 0.6) is 0 Å². The third kappa shape index (κ3) is 47.4. The van der Waals surface area contributed by atoms with Crippen molar-refractivity contribution in [1.29, 1.82) is 0 Å². The van der Waals surface area contributed by atoms with Gasteiger partial charge in [0.2, 0.25) is 0 Å². The molecule has 0 saturated carbocycles. The van der Waals surface area contributed by atoms with Crippen LogP contribution >= 0.6 is 0 Å². The van der Waals surface area contributed by atoms with Gasteiger partial charge < -0.3 is 14.6 Å². The van der Waals surface area contributed by atoms with E-state index in [1.165, 1.54) is 270 Å². The van der Waals surface area contributed by atoms with Crippen LogP contribution in [0, 0.1) is 11.8 Å². The summed E-state index contributed by atoms with van der Waals surface area (Å²) >= 11 is 0. The zero-order chi connectivity index (χ0) is 46.7. The van der Waals surface area contributed by atoms with Gasteiger partial charge in [-0.15, -0.1) is 0 Å². The highest BCUT2D eigenvalue weighted by atomic mass is 16.6. The van der Waals surface area contributed by atoms with E-state index in [0.29, 0.717) is 0 Å². The summed E-state index contributed by atoms with van der Waals surface area (Å²) in [7, 11) is 0. The number of aliphatic hydroxyl groups is 1. The summed E-state index contributed by atoms with van der Waals surface area (Å²) in [5.74, 6) is -0.946. The first-order chi connectivity index (χ1) is 31.5. The van der Waals surface area contributed by atoms with E-state index in [2.05, 4.69) is 13.8 Å². The Morgan fingerprint density at radius 3 is 0.750 bits per heavy atom. The number of rotatable bonds is 54. The molecule has 64 heavy (non-hydrogen) atoms. The fourth-order valence-corrected chi connectivity index (χ4v) is 9.43. The van der Waals surface area contributed by atoms with Gasteiger partial charge in [-0.2, -0.15) is 0 Å². The lowest BCUT2D eigenvalue weighted by Gasteiger charge is -2.19. The number of hydrogen-bond acceptors (Lipinski definition) is 5. The Morgan fingerprint density at radius 1 is 0.328 bits per heavy atom. The first-order valence-electron chi connectivity index (χ1n) is 29.4. The Labute approximate surface area is 401 Å². The number of unbranched alkanes of at least 4 members (excludes halogenated alkanes) is 44. The van der Waals surface area contributed by atoms with Crippen LogP contribution in [0.25, 0.3) is 0 Å². The maximum Gasteiger partial charge on any atom is 0.309 e. The molecule has 0 rings (SSSR count). The number of carbonyl (C=O) groups excluding carboxylic acids is 2. The summed E-state index contributed by atoms with van der Waals surface area (Å²) in [6.45, 7) is 8.01. The molecule has 0 aromatic heterocycles. The molecule has 1 N–H and O–H groups in total. The van der Waals surface area contributed by atoms with Crippen molar-refractivity contribution in [2.75, 3.05) is 13.2 Å². The van der Waals surface area contributed by atoms with Gasteiger partial charge in [-0.25, -0.2) is 0 Å². The molecule has 0 heterocycles. The molecule has 0 fully saturated rings. The monoisotopic (exact) mass is 905 g/mol. The molecule has 0 aliphatic rings. The maximum atomic E-state index is 12.7. The molecular weight excluding hydrogens is 789 g/mol. The minimum atomic E-state index is -0.792. The lowest BCUT2D eigenvalue weighted by molar-refractivity contribution is -0.166. The highest BCUT2D eigenvalue weighted by Crippen LogP contribution is 2.20. The van der Waals surface area contributed by atoms with Gasteiger partial charge in [0, 0.05) is 0 Å². The van der Waals surface area contributed by atoms with Crippen molar-refractivity contribution >= 4 is 11.9 Å². The van der Waals surface area contributed by atoms with E-state index in [9.17, 15) is 14.7 Å². The predicted octanol–water partition coefficient (Wildman–Crippen LogP) is 19.5. The lowest BCUT2D eigenvalue weighted by Crippen LogP contribution is -2.31. The number of aliphatic hydroxyl groups excluding tert-OH is 1. The summed E-state index contributed by atoms with van der Waals surface area (Å²) in [5, 5.41) is 9.80. The second-order valence-electron chi connectivity index (χ2n) is 20.8. The zero-order valence-electron chi connectivity index (χ0n) is 44.2. The molecular formula is C59H116O5. The van der Waals surface area contributed by atoms with Crippen LogP contribution in [-0.2, 0) is 19.1 Å². The van der Waals surface area contributed by atoms with Crippen molar-refractivity contribution in [3.05, 3.63) is 0 Å². The highest BCUT2D eigenvalue weighted by molar-refractivity contribution is 5.73. The highest BCUT2D eigenvalue weighted by Gasteiger charge is 2.22. The van der Waals surface area contributed by atoms with Gasteiger partial charge in [0.25, 0.3) is 0 Å². The van der Waals surface area contributed by atoms with E-state index in [-0.39, 0.29) is 37.0 Å². The summed E-state index contributed by atoms with van der Waals surface area (Å²) in [6.07, 6.45) is 64.1. The molecule has 0 spiro atoms. The second kappa shape index (κ2) is 52.9. The summed E-state index contributed by atoms with van der Waals surface area (Å²) in [6, 6.07) is 0. The Morgan fingerprint density at radius 2 is 0.531 bits per heavy atom. The molecule has 3 unspecified atom stereocenters. The second-order valence-corrected chi connectivity index (χ2v) is 20.8. The van der Waals surface area contributed by atoms with Gasteiger partial charge in [0.1, 0.15) is 6.61 Å². The van der Waals surface area contributed by atoms with Crippen LogP contribution in [0.4, 0.5) is 0 Å². The van der Waals surface area contributed by atoms with Gasteiger partial charge >= 0.3 is 11.9 Å².